The monoisotopic (exact) mass is 304 g/mol. The van der Waals surface area contributed by atoms with Crippen molar-refractivity contribution in [1.29, 1.82) is 0 Å². The molecule has 2 amide bonds. The molecule has 0 aliphatic carbocycles. The Morgan fingerprint density at radius 1 is 0.826 bits per heavy atom. The number of carbonyl (C=O) groups excluding carboxylic acids is 2. The fraction of sp³-hybridized carbons (Fsp3) is 0.0588. The summed E-state index contributed by atoms with van der Waals surface area (Å²) in [4.78, 5) is 30.6. The van der Waals surface area contributed by atoms with E-state index < -0.39 is 0 Å². The van der Waals surface area contributed by atoms with Crippen LogP contribution in [-0.2, 0) is 0 Å². The highest BCUT2D eigenvalue weighted by Crippen LogP contribution is 2.28. The maximum atomic E-state index is 12.6. The van der Waals surface area contributed by atoms with Gasteiger partial charge in [-0.3, -0.25) is 9.59 Å². The van der Waals surface area contributed by atoms with Crippen molar-refractivity contribution in [3.63, 3.8) is 0 Å². The van der Waals surface area contributed by atoms with Gasteiger partial charge in [0.1, 0.15) is 5.82 Å². The van der Waals surface area contributed by atoms with Crippen LogP contribution in [0.5, 0.6) is 0 Å². The highest BCUT2D eigenvalue weighted by molar-refractivity contribution is 6.33. The van der Waals surface area contributed by atoms with Crippen LogP contribution in [-0.4, -0.2) is 26.6 Å². The van der Waals surface area contributed by atoms with E-state index in [1.807, 2.05) is 30.3 Å². The molecule has 0 bridgehead atoms. The summed E-state index contributed by atoms with van der Waals surface area (Å²) in [7, 11) is 0. The van der Waals surface area contributed by atoms with E-state index in [9.17, 15) is 9.59 Å². The lowest BCUT2D eigenvalue weighted by Gasteiger charge is -2.13. The van der Waals surface area contributed by atoms with E-state index in [4.69, 9.17) is 0 Å². The molecule has 1 aliphatic heterocycles. The number of hydrogen-bond donors (Lipinski definition) is 0. The number of rotatable bonds is 2. The number of amides is 2. The van der Waals surface area contributed by atoms with Crippen LogP contribution in [0.15, 0.2) is 54.6 Å². The molecular formula is C17H12N4O2. The first-order valence-corrected chi connectivity index (χ1v) is 7.14. The number of aryl methyl sites for hydroxylation is 1. The third-order valence-electron chi connectivity index (χ3n) is 3.69. The molecule has 112 valence electrons. The summed E-state index contributed by atoms with van der Waals surface area (Å²) in [5, 5.41) is 4.32. The molecule has 0 N–H and O–H groups in total. The Bertz CT molecular complexity index is 896. The summed E-state index contributed by atoms with van der Waals surface area (Å²) in [5.41, 5.74) is 1.51. The lowest BCUT2D eigenvalue weighted by atomic mass is 10.1. The van der Waals surface area contributed by atoms with E-state index in [1.54, 1.807) is 31.2 Å². The Balaban J connectivity index is 1.88. The predicted octanol–water partition coefficient (Wildman–Crippen LogP) is 2.38. The molecule has 3 aromatic rings. The topological polar surface area (TPSA) is 68.1 Å². The maximum absolute atomic E-state index is 12.6. The average molecular weight is 304 g/mol. The second-order valence-corrected chi connectivity index (χ2v) is 5.20. The zero-order valence-electron chi connectivity index (χ0n) is 12.3. The van der Waals surface area contributed by atoms with Crippen LogP contribution in [0.25, 0.3) is 5.69 Å². The predicted molar refractivity (Wildman–Crippen MR) is 83.7 cm³/mol. The standard InChI is InChI=1S/C17H12N4O2/c1-11-18-17(21(19-11)12-7-3-2-4-8-12)20-15(22)13-9-5-6-10-14(13)16(20)23/h2-10H,1H3. The number of hydrogen-bond acceptors (Lipinski definition) is 4. The Labute approximate surface area is 132 Å². The first-order valence-electron chi connectivity index (χ1n) is 7.14. The van der Waals surface area contributed by atoms with Gasteiger partial charge in [-0.05, 0) is 31.2 Å². The zero-order valence-corrected chi connectivity index (χ0v) is 12.3. The molecule has 0 unspecified atom stereocenters. The molecule has 1 aromatic heterocycles. The summed E-state index contributed by atoms with van der Waals surface area (Å²) >= 11 is 0. The quantitative estimate of drug-likeness (QED) is 0.682. The molecule has 0 spiro atoms. The van der Waals surface area contributed by atoms with Gasteiger partial charge >= 0.3 is 0 Å². The summed E-state index contributed by atoms with van der Waals surface area (Å²) in [6.45, 7) is 1.72. The number of carbonyl (C=O) groups is 2. The van der Waals surface area contributed by atoms with Gasteiger partial charge in [-0.15, -0.1) is 5.10 Å². The molecule has 0 saturated heterocycles. The number of nitrogens with zero attached hydrogens (tertiary/aromatic N) is 4. The molecule has 23 heavy (non-hydrogen) atoms. The summed E-state index contributed by atoms with van der Waals surface area (Å²) in [6.07, 6.45) is 0. The number of imide groups is 1. The second kappa shape index (κ2) is 4.88. The van der Waals surface area contributed by atoms with E-state index in [2.05, 4.69) is 10.1 Å². The third kappa shape index (κ3) is 1.96. The fourth-order valence-corrected chi connectivity index (χ4v) is 2.66. The molecule has 2 aromatic carbocycles. The summed E-state index contributed by atoms with van der Waals surface area (Å²) in [5.74, 6) is -0.0642. The van der Waals surface area contributed by atoms with Gasteiger partial charge in [0, 0.05) is 0 Å². The van der Waals surface area contributed by atoms with Crippen LogP contribution in [0.4, 0.5) is 5.95 Å². The zero-order chi connectivity index (χ0) is 16.0. The van der Waals surface area contributed by atoms with Crippen molar-refractivity contribution >= 4 is 17.8 Å². The molecule has 0 fully saturated rings. The van der Waals surface area contributed by atoms with Crippen LogP contribution >= 0.6 is 0 Å². The number of fused-ring (bicyclic) bond motifs is 1. The largest absolute Gasteiger partial charge is 0.268 e. The Morgan fingerprint density at radius 3 is 2.00 bits per heavy atom. The van der Waals surface area contributed by atoms with Gasteiger partial charge in [0.25, 0.3) is 11.8 Å². The highest BCUT2D eigenvalue weighted by atomic mass is 16.2. The highest BCUT2D eigenvalue weighted by Gasteiger charge is 2.39. The van der Waals surface area contributed by atoms with Gasteiger partial charge in [-0.25, -0.2) is 4.90 Å². The molecule has 6 heteroatoms. The minimum Gasteiger partial charge on any atom is -0.268 e. The van der Waals surface area contributed by atoms with Gasteiger partial charge in [0.2, 0.25) is 5.95 Å². The molecule has 0 radical (unpaired) electrons. The Kier molecular flexibility index (Phi) is 2.84. The van der Waals surface area contributed by atoms with Gasteiger partial charge in [-0.1, -0.05) is 30.3 Å². The van der Waals surface area contributed by atoms with E-state index >= 15 is 0 Å². The van der Waals surface area contributed by atoms with Crippen LogP contribution in [0, 0.1) is 6.92 Å². The Hall–Kier alpha value is -3.28. The molecular weight excluding hydrogens is 292 g/mol. The van der Waals surface area contributed by atoms with Crippen LogP contribution in [0.3, 0.4) is 0 Å². The van der Waals surface area contributed by atoms with Crippen LogP contribution in [0.1, 0.15) is 26.5 Å². The van der Waals surface area contributed by atoms with Crippen molar-refractivity contribution in [2.45, 2.75) is 6.92 Å². The van der Waals surface area contributed by atoms with E-state index in [0.717, 1.165) is 10.6 Å². The van der Waals surface area contributed by atoms with Crippen molar-refractivity contribution in [2.75, 3.05) is 4.90 Å². The van der Waals surface area contributed by atoms with Gasteiger partial charge < -0.3 is 0 Å². The minimum atomic E-state index is -0.379. The van der Waals surface area contributed by atoms with Crippen molar-refractivity contribution in [1.82, 2.24) is 14.8 Å². The second-order valence-electron chi connectivity index (χ2n) is 5.20. The van der Waals surface area contributed by atoms with Crippen LogP contribution < -0.4 is 4.90 Å². The first-order chi connectivity index (χ1) is 11.2. The van der Waals surface area contributed by atoms with Gasteiger partial charge in [0.15, 0.2) is 0 Å². The molecule has 6 nitrogen and oxygen atoms in total. The SMILES string of the molecule is Cc1nc(N2C(=O)c3ccccc3C2=O)n(-c2ccccc2)n1. The maximum Gasteiger partial charge on any atom is 0.268 e. The van der Waals surface area contributed by atoms with E-state index in [1.165, 1.54) is 4.68 Å². The molecule has 0 atom stereocenters. The third-order valence-corrected chi connectivity index (χ3v) is 3.69. The number of para-hydroxylation sites is 1. The Morgan fingerprint density at radius 2 is 1.39 bits per heavy atom. The van der Waals surface area contributed by atoms with E-state index in [0.29, 0.717) is 17.0 Å². The first kappa shape index (κ1) is 13.4. The number of aromatic nitrogens is 3. The number of benzene rings is 2. The smallest absolute Gasteiger partial charge is 0.268 e. The van der Waals surface area contributed by atoms with Crippen molar-refractivity contribution in [3.8, 4) is 5.69 Å². The normalized spacial score (nSPS) is 13.5. The lowest BCUT2D eigenvalue weighted by Crippen LogP contribution is -2.32. The lowest BCUT2D eigenvalue weighted by molar-refractivity contribution is 0.0923. The molecule has 2 heterocycles. The average Bonchev–Trinajstić information content (AvgIpc) is 3.07. The molecule has 4 rings (SSSR count). The van der Waals surface area contributed by atoms with E-state index in [-0.39, 0.29) is 17.8 Å². The summed E-state index contributed by atoms with van der Waals surface area (Å²) < 4.78 is 1.51. The summed E-state index contributed by atoms with van der Waals surface area (Å²) in [6, 6.07) is 16.1. The molecule has 1 aliphatic rings. The molecule has 0 saturated carbocycles. The van der Waals surface area contributed by atoms with Crippen LogP contribution in [0.2, 0.25) is 0 Å². The fourth-order valence-electron chi connectivity index (χ4n) is 2.66. The van der Waals surface area contributed by atoms with Crippen molar-refractivity contribution < 1.29 is 9.59 Å². The van der Waals surface area contributed by atoms with Gasteiger partial charge in [-0.2, -0.15) is 9.67 Å². The number of anilines is 1. The van der Waals surface area contributed by atoms with Crippen molar-refractivity contribution in [3.05, 3.63) is 71.5 Å². The minimum absolute atomic E-state index is 0.208. The van der Waals surface area contributed by atoms with Crippen molar-refractivity contribution in [2.24, 2.45) is 0 Å². The van der Waals surface area contributed by atoms with Gasteiger partial charge in [0.05, 0.1) is 16.8 Å².